The Morgan fingerprint density at radius 3 is 0.815 bits per heavy atom. The Kier molecular flexibility index (Phi) is 118. The zero-order valence-corrected chi connectivity index (χ0v) is 51.5. The van der Waals surface area contributed by atoms with E-state index in [4.69, 9.17) is 15.5 Å². The molecule has 0 heterocycles. The Morgan fingerprint density at radius 2 is 0.646 bits per heavy atom. The molecule has 0 radical (unpaired) electrons. The van der Waals surface area contributed by atoms with E-state index in [-0.39, 0.29) is 152 Å². The molecule has 0 atom stereocenters. The monoisotopic (exact) mass is 1200 g/mol. The first kappa shape index (κ1) is 99.8. The molecule has 8 aliphatic carbocycles. The standard InChI is InChI=1S/C8H17N.C7H12O2.C6H9N.C6H12O.4C5H10.8CH3.4Fe.HI/c1-9(2)7-8-5-3-4-6-8;8-7(9)5-6-3-1-2-4-6;2*7-5-6-3-1-2-4-6;4*1-2-4-5-3-1;;;;;;;;;;;;;/h8H,3-7H2,1-2H3;6H,1-5H2,(H,8,9);6H,1-4H2;6-7H,1-5H2;4*1-5H2;8*1H3;;;;;1H/q;;;;;;;;8*-1;4*+2;. The average molecular weight is 1200 g/mol. The number of carboxylic acid groups (broad SMARTS) is 1. The minimum absolute atomic E-state index is 0. The molecule has 0 bridgehead atoms. The third-order valence-electron chi connectivity index (χ3n) is 12.4. The average Bonchev–Trinajstić information content (AvgIpc) is 4.04. The number of hydrogen-bond donors (Lipinski definition) is 3. The predicted molar refractivity (Wildman–Crippen MR) is 274 cm³/mol. The molecule has 65 heavy (non-hydrogen) atoms. The topological polar surface area (TPSA) is 85.8 Å². The Balaban J connectivity index is -0.0000000424. The second-order valence-electron chi connectivity index (χ2n) is 17.8. The minimum Gasteiger partial charge on any atom is -1.00 e. The van der Waals surface area contributed by atoms with Crippen molar-refractivity contribution in [2.45, 2.75) is 238 Å². The number of aliphatic carboxylic acids is 1. The van der Waals surface area contributed by atoms with Crippen molar-refractivity contribution in [3.05, 3.63) is 59.4 Å². The van der Waals surface area contributed by atoms with E-state index in [9.17, 15) is 4.79 Å². The van der Waals surface area contributed by atoms with Crippen molar-refractivity contribution in [2.75, 3.05) is 27.2 Å². The van der Waals surface area contributed by atoms with Crippen LogP contribution >= 0.6 is 0 Å². The molecule has 8 fully saturated rings. The van der Waals surface area contributed by atoms with Crippen LogP contribution in [0.15, 0.2) is 0 Å². The van der Waals surface area contributed by atoms with Crippen LogP contribution in [0, 0.1) is 94.4 Å². The third-order valence-corrected chi connectivity index (χ3v) is 12.4. The molecule has 0 aliphatic heterocycles. The first-order valence-electron chi connectivity index (χ1n) is 23.5. The SMILES string of the molecule is C1CCCC1.C1CCCC1.C1CCCC1.C1CCCC1.C[NH+](C)CC1CCCC1.N#CC1CCCC1.O=C(O)CC1CCCC1.OCC1CCCC1.[CH3-].[CH3-].[CH3-].[CH3-].[CH3-].[CH3-].[CH3-].[CH3-].[Fe+2].[Fe+2].[Fe+2].[Fe+2].[I-]. The van der Waals surface area contributed by atoms with Crippen LogP contribution in [0.3, 0.4) is 0 Å². The number of aliphatic hydroxyl groups excluding tert-OH is 1. The summed E-state index contributed by atoms with van der Waals surface area (Å²) in [6.07, 6.45) is 51.1. The number of rotatable bonds is 5. The minimum atomic E-state index is -0.637. The zero-order chi connectivity index (χ0) is 37.7. The Labute approximate surface area is 473 Å². The predicted octanol–water partition coefficient (Wildman–Crippen LogP) is 13.2. The maximum Gasteiger partial charge on any atom is 2.00 e. The van der Waals surface area contributed by atoms with Gasteiger partial charge in [-0.15, -0.1) is 0 Å². The van der Waals surface area contributed by atoms with Crippen molar-refractivity contribution in [3.8, 4) is 6.07 Å². The second-order valence-corrected chi connectivity index (χ2v) is 17.8. The van der Waals surface area contributed by atoms with E-state index in [2.05, 4.69) is 20.2 Å². The van der Waals surface area contributed by atoms with E-state index in [1.54, 1.807) is 4.90 Å². The van der Waals surface area contributed by atoms with E-state index in [0.29, 0.717) is 30.8 Å². The normalized spacial score (nSPS) is 18.1. The number of quaternary nitrogens is 1. The van der Waals surface area contributed by atoms with E-state index >= 15 is 0 Å². The molecule has 0 saturated heterocycles. The Morgan fingerprint density at radius 1 is 0.431 bits per heavy atom. The number of hydrogen-bond acceptors (Lipinski definition) is 3. The molecule has 0 amide bonds. The molecule has 0 unspecified atom stereocenters. The summed E-state index contributed by atoms with van der Waals surface area (Å²) in [6.45, 7) is 1.81. The maximum atomic E-state index is 10.2. The molecular formula is C55H115Fe4IN2O3. The molecule has 8 aliphatic rings. The van der Waals surface area contributed by atoms with Crippen LogP contribution in [0.2, 0.25) is 0 Å². The summed E-state index contributed by atoms with van der Waals surface area (Å²) < 4.78 is 0. The number of nitrogens with one attached hydrogen (secondary N) is 1. The number of nitrogens with zero attached hydrogens (tertiary/aromatic N) is 1. The van der Waals surface area contributed by atoms with Gasteiger partial charge in [-0.05, 0) is 63.2 Å². The van der Waals surface area contributed by atoms with E-state index in [1.807, 2.05) is 0 Å². The van der Waals surface area contributed by atoms with Gasteiger partial charge >= 0.3 is 74.2 Å². The fourth-order valence-corrected chi connectivity index (χ4v) is 9.04. The molecule has 5 nitrogen and oxygen atoms in total. The zero-order valence-electron chi connectivity index (χ0n) is 44.9. The molecule has 3 N–H and O–H groups in total. The van der Waals surface area contributed by atoms with Crippen molar-refractivity contribution >= 4 is 5.97 Å². The number of aliphatic hydroxyl groups is 1. The van der Waals surface area contributed by atoms with Crippen molar-refractivity contribution in [2.24, 2.45) is 23.7 Å². The summed E-state index contributed by atoms with van der Waals surface area (Å²) in [4.78, 5) is 11.8. The number of carboxylic acids is 1. The van der Waals surface area contributed by atoms with Crippen LogP contribution in [0.25, 0.3) is 0 Å². The van der Waals surface area contributed by atoms with Crippen molar-refractivity contribution in [1.29, 1.82) is 5.26 Å². The summed E-state index contributed by atoms with van der Waals surface area (Å²) >= 11 is 0. The fraction of sp³-hybridized carbons (Fsp3) is 0.818. The Hall–Kier alpha value is 1.69. The van der Waals surface area contributed by atoms with Crippen LogP contribution in [0.4, 0.5) is 0 Å². The van der Waals surface area contributed by atoms with Gasteiger partial charge in [0.15, 0.2) is 0 Å². The van der Waals surface area contributed by atoms with Crippen molar-refractivity contribution in [1.82, 2.24) is 0 Å². The van der Waals surface area contributed by atoms with E-state index in [0.717, 1.165) is 31.6 Å². The van der Waals surface area contributed by atoms with Gasteiger partial charge in [0.25, 0.3) is 0 Å². The van der Waals surface area contributed by atoms with Crippen LogP contribution in [0.5, 0.6) is 0 Å². The fourth-order valence-electron chi connectivity index (χ4n) is 9.04. The third kappa shape index (κ3) is 70.0. The van der Waals surface area contributed by atoms with Crippen molar-refractivity contribution < 1.29 is 112 Å². The molecule has 0 aromatic heterocycles. The van der Waals surface area contributed by atoms with Gasteiger partial charge in [0, 0.05) is 24.9 Å². The molecule has 402 valence electrons. The van der Waals surface area contributed by atoms with Crippen molar-refractivity contribution in [3.63, 3.8) is 0 Å². The van der Waals surface area contributed by atoms with Crippen LogP contribution in [-0.4, -0.2) is 43.4 Å². The number of nitriles is 1. The quantitative estimate of drug-likeness (QED) is 0.145. The second kappa shape index (κ2) is 77.2. The van der Waals surface area contributed by atoms with Gasteiger partial charge in [-0.2, -0.15) is 5.26 Å². The van der Waals surface area contributed by atoms with Crippen LogP contribution < -0.4 is 28.9 Å². The molecule has 8 saturated carbocycles. The molecule has 8 rings (SSSR count). The van der Waals surface area contributed by atoms with Gasteiger partial charge in [0.2, 0.25) is 0 Å². The molecule has 0 spiro atoms. The largest absolute Gasteiger partial charge is 2.00 e. The van der Waals surface area contributed by atoms with Gasteiger partial charge in [-0.1, -0.05) is 180 Å². The van der Waals surface area contributed by atoms with Gasteiger partial charge in [0.1, 0.15) is 0 Å². The smallest absolute Gasteiger partial charge is 1.00 e. The van der Waals surface area contributed by atoms with Crippen LogP contribution in [-0.2, 0) is 73.1 Å². The molecule has 10 heteroatoms. The molecular weight excluding hydrogens is 1090 g/mol. The summed E-state index contributed by atoms with van der Waals surface area (Å²) in [7, 11) is 4.50. The maximum absolute atomic E-state index is 10.2. The van der Waals surface area contributed by atoms with E-state index < -0.39 is 5.97 Å². The first-order valence-corrected chi connectivity index (χ1v) is 23.5. The summed E-state index contributed by atoms with van der Waals surface area (Å²) in [5, 5.41) is 25.3. The van der Waals surface area contributed by atoms with Gasteiger partial charge in [0.05, 0.1) is 26.7 Å². The van der Waals surface area contributed by atoms with Gasteiger partial charge in [-0.3, -0.25) is 4.79 Å². The van der Waals surface area contributed by atoms with Crippen LogP contribution in [0.1, 0.15) is 238 Å². The Bertz CT molecular complexity index is 731. The number of carbonyl (C=O) groups is 1. The molecule has 0 aromatic carbocycles. The summed E-state index contributed by atoms with van der Waals surface area (Å²) in [5.74, 6) is 1.96. The van der Waals surface area contributed by atoms with Gasteiger partial charge in [-0.25, -0.2) is 0 Å². The van der Waals surface area contributed by atoms with Gasteiger partial charge < -0.3 is 98.5 Å². The number of halogens is 1. The van der Waals surface area contributed by atoms with E-state index in [1.165, 1.54) is 212 Å². The summed E-state index contributed by atoms with van der Waals surface area (Å²) in [5.41, 5.74) is 0. The summed E-state index contributed by atoms with van der Waals surface area (Å²) in [6, 6.07) is 2.26. The first-order chi connectivity index (χ1) is 25.4. The molecule has 0 aromatic rings.